The molecule has 0 N–H and O–H groups in total. The highest BCUT2D eigenvalue weighted by Crippen LogP contribution is 2.73. The number of ether oxygens (including phenoxy) is 2. The van der Waals surface area contributed by atoms with Crippen LogP contribution in [-0.2, 0) is 39.2 Å². The summed E-state index contributed by atoms with van der Waals surface area (Å²) in [6.07, 6.45) is 3.42. The lowest BCUT2D eigenvalue weighted by molar-refractivity contribution is -0.141. The van der Waals surface area contributed by atoms with E-state index in [0.29, 0.717) is 35.4 Å². The third-order valence-corrected chi connectivity index (χ3v) is 7.83. The first-order valence-electron chi connectivity index (χ1n) is 11.4. The van der Waals surface area contributed by atoms with Crippen LogP contribution in [0.25, 0.3) is 22.0 Å². The number of benzene rings is 1. The Morgan fingerprint density at radius 2 is 1.97 bits per heavy atom. The van der Waals surface area contributed by atoms with Gasteiger partial charge in [-0.2, -0.15) is 5.10 Å². The standard InChI is InChI=1S/C25H27Cl2N3O4/c1-13-20(19(12-26)30(28-13)25-10-15(25)11-25)21-18(27)8-7-17-16(6-5-9-34-14(2)31)23(24(32)33-4)29(3)22(17)21/h7-8,15H,5-6,9-12H2,1-4H3. The van der Waals surface area contributed by atoms with Crippen molar-refractivity contribution in [2.24, 2.45) is 13.0 Å². The van der Waals surface area contributed by atoms with Gasteiger partial charge in [0.15, 0.2) is 0 Å². The van der Waals surface area contributed by atoms with Gasteiger partial charge in [-0.1, -0.05) is 17.7 Å². The Morgan fingerprint density at radius 1 is 1.26 bits per heavy atom. The van der Waals surface area contributed by atoms with E-state index >= 15 is 0 Å². The Bertz CT molecular complexity index is 1330. The van der Waals surface area contributed by atoms with Crippen molar-refractivity contribution in [3.05, 3.63) is 39.8 Å². The topological polar surface area (TPSA) is 75.4 Å². The molecule has 2 saturated carbocycles. The van der Waals surface area contributed by atoms with Crippen molar-refractivity contribution in [2.45, 2.75) is 50.9 Å². The highest BCUT2D eigenvalue weighted by atomic mass is 35.5. The molecule has 3 aromatic rings. The van der Waals surface area contributed by atoms with Gasteiger partial charge in [-0.25, -0.2) is 4.79 Å². The Hall–Kier alpha value is -2.51. The summed E-state index contributed by atoms with van der Waals surface area (Å²) in [4.78, 5) is 24.0. The Balaban J connectivity index is 1.70. The second-order valence-electron chi connectivity index (χ2n) is 9.30. The van der Waals surface area contributed by atoms with Crippen LogP contribution in [0.1, 0.15) is 53.6 Å². The molecule has 1 aromatic carbocycles. The smallest absolute Gasteiger partial charge is 0.354 e. The zero-order chi connectivity index (χ0) is 24.4. The van der Waals surface area contributed by atoms with Crippen molar-refractivity contribution in [1.29, 1.82) is 0 Å². The summed E-state index contributed by atoms with van der Waals surface area (Å²) in [6, 6.07) is 3.80. The van der Waals surface area contributed by atoms with Crippen LogP contribution in [0.3, 0.4) is 0 Å². The van der Waals surface area contributed by atoms with E-state index in [1.54, 1.807) is 0 Å². The number of rotatable bonds is 8. The van der Waals surface area contributed by atoms with Crippen molar-refractivity contribution in [1.82, 2.24) is 14.3 Å². The summed E-state index contributed by atoms with van der Waals surface area (Å²) in [5.41, 5.74) is 5.87. The molecule has 2 aliphatic carbocycles. The molecule has 0 spiro atoms. The SMILES string of the molecule is COC(=O)c1c(CCCOC(C)=O)c2ccc(Cl)c(-c3c(C)nn(C45CC4C5)c3CCl)c2n1C. The molecule has 0 aliphatic heterocycles. The number of aryl methyl sites for hydroxylation is 3. The van der Waals surface area contributed by atoms with E-state index in [4.69, 9.17) is 37.8 Å². The fourth-order valence-electron chi connectivity index (χ4n) is 5.33. The summed E-state index contributed by atoms with van der Waals surface area (Å²) >= 11 is 13.3. The van der Waals surface area contributed by atoms with Gasteiger partial charge in [0.1, 0.15) is 5.69 Å². The fraction of sp³-hybridized carbons (Fsp3) is 0.480. The zero-order valence-corrected chi connectivity index (χ0v) is 21.2. The third-order valence-electron chi connectivity index (χ3n) is 7.26. The summed E-state index contributed by atoms with van der Waals surface area (Å²) < 4.78 is 14.2. The molecular weight excluding hydrogens is 477 g/mol. The van der Waals surface area contributed by atoms with Gasteiger partial charge in [0, 0.05) is 30.5 Å². The van der Waals surface area contributed by atoms with E-state index in [2.05, 4.69) is 4.68 Å². The first kappa shape index (κ1) is 23.2. The first-order chi connectivity index (χ1) is 16.2. The lowest BCUT2D eigenvalue weighted by Crippen LogP contribution is -2.12. The summed E-state index contributed by atoms with van der Waals surface area (Å²) in [6.45, 7) is 3.64. The highest BCUT2D eigenvalue weighted by Gasteiger charge is 2.72. The predicted molar refractivity (Wildman–Crippen MR) is 130 cm³/mol. The molecule has 2 fully saturated rings. The zero-order valence-electron chi connectivity index (χ0n) is 19.7. The van der Waals surface area contributed by atoms with Gasteiger partial charge < -0.3 is 14.0 Å². The summed E-state index contributed by atoms with van der Waals surface area (Å²) in [5, 5.41) is 6.38. The van der Waals surface area contributed by atoms with Crippen LogP contribution in [-0.4, -0.2) is 40.0 Å². The number of nitrogens with zero attached hydrogens (tertiary/aromatic N) is 3. The van der Waals surface area contributed by atoms with Gasteiger partial charge >= 0.3 is 11.9 Å². The number of fused-ring (bicyclic) bond motifs is 2. The second kappa shape index (κ2) is 8.31. The van der Waals surface area contributed by atoms with Gasteiger partial charge in [0.05, 0.1) is 47.1 Å². The van der Waals surface area contributed by atoms with Crippen LogP contribution in [0, 0.1) is 12.8 Å². The predicted octanol–water partition coefficient (Wildman–Crippen LogP) is 5.14. The molecule has 0 radical (unpaired) electrons. The average Bonchev–Trinajstić information content (AvgIpc) is 3.62. The minimum absolute atomic E-state index is 0.140. The molecule has 0 unspecified atom stereocenters. The van der Waals surface area contributed by atoms with Gasteiger partial charge in [-0.05, 0) is 50.2 Å². The number of carbonyl (C=O) groups excluding carboxylic acids is 2. The van der Waals surface area contributed by atoms with Crippen LogP contribution < -0.4 is 0 Å². The van der Waals surface area contributed by atoms with Crippen LogP contribution >= 0.6 is 23.2 Å². The van der Waals surface area contributed by atoms with Gasteiger partial charge in [0.25, 0.3) is 0 Å². The number of hydrogen-bond donors (Lipinski definition) is 0. The van der Waals surface area contributed by atoms with Gasteiger partial charge in [-0.3, -0.25) is 9.48 Å². The normalized spacial score (nSPS) is 20.4. The van der Waals surface area contributed by atoms with Crippen LogP contribution in [0.5, 0.6) is 0 Å². The van der Waals surface area contributed by atoms with Crippen LogP contribution in [0.15, 0.2) is 12.1 Å². The van der Waals surface area contributed by atoms with E-state index in [-0.39, 0.29) is 18.1 Å². The molecule has 0 saturated heterocycles. The lowest BCUT2D eigenvalue weighted by Gasteiger charge is -2.13. The molecule has 0 amide bonds. The number of halogens is 2. The molecule has 2 aliphatic rings. The largest absolute Gasteiger partial charge is 0.466 e. The minimum Gasteiger partial charge on any atom is -0.466 e. The number of alkyl halides is 1. The third kappa shape index (κ3) is 3.43. The van der Waals surface area contributed by atoms with Crippen LogP contribution in [0.4, 0.5) is 0 Å². The molecule has 0 bridgehead atoms. The Labute approximate surface area is 207 Å². The number of esters is 2. The molecule has 5 rings (SSSR count). The summed E-state index contributed by atoms with van der Waals surface area (Å²) in [7, 11) is 3.22. The van der Waals surface area contributed by atoms with Crippen molar-refractivity contribution >= 4 is 46.0 Å². The number of aromatic nitrogens is 3. The number of hydrogen-bond acceptors (Lipinski definition) is 5. The molecular formula is C25H27Cl2N3O4. The quantitative estimate of drug-likeness (QED) is 0.241. The van der Waals surface area contributed by atoms with Crippen LogP contribution in [0.2, 0.25) is 5.02 Å². The van der Waals surface area contributed by atoms with Gasteiger partial charge in [-0.15, -0.1) is 11.6 Å². The van der Waals surface area contributed by atoms with E-state index < -0.39 is 5.97 Å². The highest BCUT2D eigenvalue weighted by molar-refractivity contribution is 6.35. The number of carbonyl (C=O) groups is 2. The lowest BCUT2D eigenvalue weighted by atomic mass is 9.98. The van der Waals surface area contributed by atoms with Crippen molar-refractivity contribution in [3.63, 3.8) is 0 Å². The molecule has 7 nitrogen and oxygen atoms in total. The van der Waals surface area contributed by atoms with Gasteiger partial charge in [0.2, 0.25) is 0 Å². The molecule has 180 valence electrons. The molecule has 34 heavy (non-hydrogen) atoms. The Morgan fingerprint density at radius 3 is 2.56 bits per heavy atom. The maximum Gasteiger partial charge on any atom is 0.354 e. The van der Waals surface area contributed by atoms with Crippen molar-refractivity contribution in [2.75, 3.05) is 13.7 Å². The monoisotopic (exact) mass is 503 g/mol. The molecule has 2 heterocycles. The molecule has 2 aromatic heterocycles. The van der Waals surface area contributed by atoms with Crippen molar-refractivity contribution < 1.29 is 19.1 Å². The molecule has 9 heteroatoms. The van der Waals surface area contributed by atoms with E-state index in [9.17, 15) is 9.59 Å². The van der Waals surface area contributed by atoms with E-state index in [1.807, 2.05) is 30.7 Å². The fourth-order valence-corrected chi connectivity index (χ4v) is 5.82. The summed E-state index contributed by atoms with van der Waals surface area (Å²) in [5.74, 6) is 0.277. The minimum atomic E-state index is -0.425. The second-order valence-corrected chi connectivity index (χ2v) is 9.98. The van der Waals surface area contributed by atoms with E-state index in [0.717, 1.165) is 51.8 Å². The maximum absolute atomic E-state index is 12.8. The maximum atomic E-state index is 12.8. The average molecular weight is 504 g/mol. The Kier molecular flexibility index (Phi) is 5.68. The molecule has 0 atom stereocenters. The van der Waals surface area contributed by atoms with E-state index in [1.165, 1.54) is 14.0 Å². The van der Waals surface area contributed by atoms with Crippen molar-refractivity contribution in [3.8, 4) is 11.1 Å². The number of methoxy groups -OCH3 is 1. The first-order valence-corrected chi connectivity index (χ1v) is 12.3.